The highest BCUT2D eigenvalue weighted by Gasteiger charge is 2.17. The van der Waals surface area contributed by atoms with Crippen molar-refractivity contribution in [1.82, 2.24) is 9.56 Å². The van der Waals surface area contributed by atoms with Gasteiger partial charge in [0, 0.05) is 17.2 Å². The van der Waals surface area contributed by atoms with Gasteiger partial charge in [0.1, 0.15) is 23.9 Å². The van der Waals surface area contributed by atoms with E-state index in [-0.39, 0.29) is 18.1 Å². The van der Waals surface area contributed by atoms with Crippen LogP contribution in [0.4, 0.5) is 5.69 Å². The number of hydrogen-bond acceptors (Lipinski definition) is 6. The molecule has 32 heavy (non-hydrogen) atoms. The Kier molecular flexibility index (Phi) is 6.13. The summed E-state index contributed by atoms with van der Waals surface area (Å²) in [4.78, 5) is 29.2. The number of carbonyl (C=O) groups is 1. The normalized spacial score (nSPS) is 11.8. The van der Waals surface area contributed by atoms with Gasteiger partial charge < -0.3 is 19.3 Å². The van der Waals surface area contributed by atoms with Gasteiger partial charge in [-0.3, -0.25) is 9.59 Å². The molecular formula is C23H20ClN3O5. The molecule has 4 aromatic rings. The molecule has 164 valence electrons. The quantitative estimate of drug-likeness (QED) is 0.450. The van der Waals surface area contributed by atoms with Crippen molar-refractivity contribution in [2.75, 3.05) is 5.32 Å². The topological polar surface area (TPSA) is 95.1 Å². The zero-order valence-corrected chi connectivity index (χ0v) is 18.1. The number of benzene rings is 2. The first-order chi connectivity index (χ1) is 15.4. The van der Waals surface area contributed by atoms with Crippen LogP contribution < -0.4 is 20.3 Å². The lowest BCUT2D eigenvalue weighted by Gasteiger charge is -2.17. The fourth-order valence-electron chi connectivity index (χ4n) is 3.02. The van der Waals surface area contributed by atoms with Gasteiger partial charge in [0.05, 0.1) is 11.4 Å². The fourth-order valence-corrected chi connectivity index (χ4v) is 3.19. The third-order valence-corrected chi connectivity index (χ3v) is 4.76. The van der Waals surface area contributed by atoms with Gasteiger partial charge in [-0.25, -0.2) is 4.98 Å². The molecule has 2 aromatic heterocycles. The number of aromatic nitrogens is 2. The first-order valence-electron chi connectivity index (χ1n) is 9.83. The van der Waals surface area contributed by atoms with E-state index in [4.69, 9.17) is 25.6 Å². The van der Waals surface area contributed by atoms with Crippen molar-refractivity contribution in [3.63, 3.8) is 0 Å². The van der Waals surface area contributed by atoms with Gasteiger partial charge in [0.15, 0.2) is 11.8 Å². The third-order valence-electron chi connectivity index (χ3n) is 4.52. The molecule has 0 aliphatic rings. The van der Waals surface area contributed by atoms with E-state index in [0.29, 0.717) is 39.3 Å². The number of carbonyl (C=O) groups excluding carboxylic acids is 1. The number of amides is 1. The molecule has 2 aromatic carbocycles. The van der Waals surface area contributed by atoms with Gasteiger partial charge in [0.25, 0.3) is 11.5 Å². The summed E-state index contributed by atoms with van der Waals surface area (Å²) >= 11 is 6.11. The van der Waals surface area contributed by atoms with Crippen molar-refractivity contribution in [2.24, 2.45) is 0 Å². The molecule has 0 unspecified atom stereocenters. The summed E-state index contributed by atoms with van der Waals surface area (Å²) < 4.78 is 17.9. The van der Waals surface area contributed by atoms with Crippen LogP contribution in [0.3, 0.4) is 0 Å². The summed E-state index contributed by atoms with van der Waals surface area (Å²) in [6.07, 6.45) is -0.752. The molecule has 1 atom stereocenters. The molecule has 0 aliphatic heterocycles. The van der Waals surface area contributed by atoms with Gasteiger partial charge in [-0.2, -0.15) is 0 Å². The van der Waals surface area contributed by atoms with Crippen molar-refractivity contribution < 1.29 is 18.8 Å². The van der Waals surface area contributed by atoms with E-state index in [1.165, 1.54) is 6.07 Å². The first kappa shape index (κ1) is 21.5. The molecule has 9 heteroatoms. The van der Waals surface area contributed by atoms with Gasteiger partial charge >= 0.3 is 0 Å². The SMILES string of the molecule is Cc1cc2nc(COc3ccc(Cl)cc3NC(=O)[C@H](C)Oc3ccccc3)cc(=O)n2o1. The Hall–Kier alpha value is -3.78. The van der Waals surface area contributed by atoms with Gasteiger partial charge in [0.2, 0.25) is 0 Å². The summed E-state index contributed by atoms with van der Waals surface area (Å²) in [5.41, 5.74) is 0.843. The van der Waals surface area contributed by atoms with E-state index in [1.807, 2.05) is 18.2 Å². The summed E-state index contributed by atoms with van der Waals surface area (Å²) in [6, 6.07) is 16.9. The number of anilines is 1. The lowest BCUT2D eigenvalue weighted by Crippen LogP contribution is -2.30. The number of nitrogens with zero attached hydrogens (tertiary/aromatic N) is 2. The van der Waals surface area contributed by atoms with Crippen LogP contribution in [0.25, 0.3) is 5.65 Å². The van der Waals surface area contributed by atoms with Crippen LogP contribution in [0.1, 0.15) is 18.4 Å². The predicted octanol–water partition coefficient (Wildman–Crippen LogP) is 4.23. The van der Waals surface area contributed by atoms with Gasteiger partial charge in [-0.1, -0.05) is 29.8 Å². The van der Waals surface area contributed by atoms with Crippen LogP contribution in [-0.4, -0.2) is 21.6 Å². The summed E-state index contributed by atoms with van der Waals surface area (Å²) in [7, 11) is 0. The van der Waals surface area contributed by atoms with Gasteiger partial charge in [-0.05, 0) is 44.2 Å². The molecule has 4 rings (SSSR count). The molecule has 0 fully saturated rings. The van der Waals surface area contributed by atoms with E-state index in [9.17, 15) is 9.59 Å². The van der Waals surface area contributed by atoms with E-state index in [2.05, 4.69) is 10.3 Å². The highest BCUT2D eigenvalue weighted by molar-refractivity contribution is 6.31. The molecule has 0 spiro atoms. The maximum atomic E-state index is 12.6. The van der Waals surface area contributed by atoms with Crippen LogP contribution in [-0.2, 0) is 11.4 Å². The number of halogens is 1. The lowest BCUT2D eigenvalue weighted by molar-refractivity contribution is -0.122. The minimum absolute atomic E-state index is 0.0105. The largest absolute Gasteiger partial charge is 0.485 e. The summed E-state index contributed by atoms with van der Waals surface area (Å²) in [5, 5.41) is 3.20. The molecule has 1 N–H and O–H groups in total. The van der Waals surface area contributed by atoms with Crippen LogP contribution >= 0.6 is 11.6 Å². The molecule has 0 saturated carbocycles. The zero-order valence-electron chi connectivity index (χ0n) is 17.4. The molecule has 8 nitrogen and oxygen atoms in total. The van der Waals surface area contributed by atoms with Crippen LogP contribution in [0.5, 0.6) is 11.5 Å². The standard InChI is InChI=1S/C23H20ClN3O5/c1-14-10-21-25-17(12-22(28)27(21)32-14)13-30-20-9-8-16(24)11-19(20)26-23(29)15(2)31-18-6-4-3-5-7-18/h3-12,15H,13H2,1-2H3,(H,26,29)/t15-/m0/s1. The van der Waals surface area contributed by atoms with Crippen molar-refractivity contribution >= 4 is 28.8 Å². The maximum absolute atomic E-state index is 12.6. The minimum Gasteiger partial charge on any atom is -0.485 e. The fraction of sp³-hybridized carbons (Fsp3) is 0.174. The minimum atomic E-state index is -0.752. The summed E-state index contributed by atoms with van der Waals surface area (Å²) in [6.45, 7) is 3.39. The highest BCUT2D eigenvalue weighted by atomic mass is 35.5. The third kappa shape index (κ3) is 4.92. The smallest absolute Gasteiger partial charge is 0.287 e. The molecule has 1 amide bonds. The molecule has 0 bridgehead atoms. The Morgan fingerprint density at radius 3 is 2.75 bits per heavy atom. The Bertz CT molecular complexity index is 1320. The Labute approximate surface area is 188 Å². The number of aryl methyl sites for hydroxylation is 1. The number of fused-ring (bicyclic) bond motifs is 1. The van der Waals surface area contributed by atoms with Crippen molar-refractivity contribution in [2.45, 2.75) is 26.6 Å². The molecule has 0 saturated heterocycles. The molecule has 0 radical (unpaired) electrons. The van der Waals surface area contributed by atoms with E-state index < -0.39 is 6.10 Å². The van der Waals surface area contributed by atoms with Crippen molar-refractivity contribution in [1.29, 1.82) is 0 Å². The monoisotopic (exact) mass is 453 g/mol. The second-order valence-electron chi connectivity index (χ2n) is 7.08. The van der Waals surface area contributed by atoms with E-state index >= 15 is 0 Å². The average Bonchev–Trinajstić information content (AvgIpc) is 3.14. The summed E-state index contributed by atoms with van der Waals surface area (Å²) in [5.74, 6) is 1.16. The number of ether oxygens (including phenoxy) is 2. The second kappa shape index (κ2) is 9.15. The number of hydrogen-bond donors (Lipinski definition) is 1. The number of nitrogens with one attached hydrogen (secondary N) is 1. The zero-order chi connectivity index (χ0) is 22.7. The van der Waals surface area contributed by atoms with Crippen molar-refractivity contribution in [3.05, 3.63) is 87.5 Å². The molecule has 2 heterocycles. The van der Waals surface area contributed by atoms with Crippen LogP contribution in [0.2, 0.25) is 5.02 Å². The van der Waals surface area contributed by atoms with E-state index in [1.54, 1.807) is 50.2 Å². The predicted molar refractivity (Wildman–Crippen MR) is 119 cm³/mol. The molecule has 0 aliphatic carbocycles. The molecular weight excluding hydrogens is 434 g/mol. The Morgan fingerprint density at radius 2 is 1.97 bits per heavy atom. The number of para-hydroxylation sites is 1. The Morgan fingerprint density at radius 1 is 1.19 bits per heavy atom. The average molecular weight is 454 g/mol. The lowest BCUT2D eigenvalue weighted by atomic mass is 10.2. The maximum Gasteiger partial charge on any atom is 0.287 e. The van der Waals surface area contributed by atoms with Crippen LogP contribution in [0.15, 0.2) is 70.0 Å². The Balaban J connectivity index is 1.48. The second-order valence-corrected chi connectivity index (χ2v) is 7.51. The first-order valence-corrected chi connectivity index (χ1v) is 10.2. The van der Waals surface area contributed by atoms with Crippen LogP contribution in [0, 0.1) is 6.92 Å². The highest BCUT2D eigenvalue weighted by Crippen LogP contribution is 2.29. The van der Waals surface area contributed by atoms with Gasteiger partial charge in [-0.15, -0.1) is 4.57 Å². The number of rotatable bonds is 7. The van der Waals surface area contributed by atoms with E-state index in [0.717, 1.165) is 4.57 Å². The van der Waals surface area contributed by atoms with Crippen molar-refractivity contribution in [3.8, 4) is 11.5 Å².